The Bertz CT molecular complexity index is 409. The van der Waals surface area contributed by atoms with Gasteiger partial charge in [0.05, 0.1) is 12.2 Å². The first-order chi connectivity index (χ1) is 14.6. The summed E-state index contributed by atoms with van der Waals surface area (Å²) in [6, 6.07) is 0. The number of carbonyl (C=O) groups is 2. The molecule has 0 aliphatic rings. The normalized spacial score (nSPS) is 13.3. The number of carbonyl (C=O) groups excluding carboxylic acids is 2. The first-order valence-electron chi connectivity index (χ1n) is 11.8. The van der Waals surface area contributed by atoms with Crippen LogP contribution in [0.2, 0.25) is 0 Å². The fraction of sp³-hybridized carbons (Fsp3) is 0.833. The third-order valence-corrected chi connectivity index (χ3v) is 4.64. The fourth-order valence-electron chi connectivity index (χ4n) is 2.66. The molecule has 0 aliphatic carbocycles. The highest BCUT2D eigenvalue weighted by atomic mass is 16.6. The van der Waals surface area contributed by atoms with E-state index in [2.05, 4.69) is 27.7 Å². The standard InChI is InChI=1S/C24H44O6/c1-5-9-13-21(27-17-11-7-3)19-29-23(25)15-16-24(26)30-20-22(14-10-6-2)28-18-12-8-4/h15-16,21-22H,5-14,17-20H2,1-4H3. The number of rotatable bonds is 20. The Morgan fingerprint density at radius 3 is 1.33 bits per heavy atom. The molecular formula is C24H44O6. The summed E-state index contributed by atoms with van der Waals surface area (Å²) in [7, 11) is 0. The monoisotopic (exact) mass is 428 g/mol. The Balaban J connectivity index is 4.29. The zero-order chi connectivity index (χ0) is 22.5. The number of esters is 2. The van der Waals surface area contributed by atoms with Crippen molar-refractivity contribution >= 4 is 11.9 Å². The molecule has 30 heavy (non-hydrogen) atoms. The molecule has 0 rings (SSSR count). The average Bonchev–Trinajstić information content (AvgIpc) is 2.75. The third kappa shape index (κ3) is 17.5. The van der Waals surface area contributed by atoms with Crippen LogP contribution in [-0.4, -0.2) is 50.6 Å². The molecule has 0 aromatic heterocycles. The summed E-state index contributed by atoms with van der Waals surface area (Å²) in [5.74, 6) is -1.12. The topological polar surface area (TPSA) is 71.1 Å². The van der Waals surface area contributed by atoms with Gasteiger partial charge in [-0.05, 0) is 25.7 Å². The van der Waals surface area contributed by atoms with Crippen LogP contribution in [0.15, 0.2) is 12.2 Å². The summed E-state index contributed by atoms with van der Waals surface area (Å²) in [6.07, 6.45) is 12.0. The number of hydrogen-bond donors (Lipinski definition) is 0. The van der Waals surface area contributed by atoms with Crippen molar-refractivity contribution in [3.8, 4) is 0 Å². The molecule has 0 aromatic carbocycles. The van der Waals surface area contributed by atoms with Crippen LogP contribution >= 0.6 is 0 Å². The molecule has 0 spiro atoms. The van der Waals surface area contributed by atoms with Crippen LogP contribution in [0.4, 0.5) is 0 Å². The summed E-state index contributed by atoms with van der Waals surface area (Å²) < 4.78 is 22.1. The van der Waals surface area contributed by atoms with E-state index >= 15 is 0 Å². The van der Waals surface area contributed by atoms with Crippen LogP contribution in [0, 0.1) is 0 Å². The molecule has 0 saturated carbocycles. The SMILES string of the molecule is CCCCOC(CCCC)COC(=O)C=CC(=O)OCC(CCCC)OCCCC. The van der Waals surface area contributed by atoms with Crippen molar-refractivity contribution in [2.24, 2.45) is 0 Å². The molecule has 0 saturated heterocycles. The Morgan fingerprint density at radius 2 is 1.00 bits per heavy atom. The van der Waals surface area contributed by atoms with E-state index in [-0.39, 0.29) is 25.4 Å². The molecule has 176 valence electrons. The Hall–Kier alpha value is -1.40. The minimum Gasteiger partial charge on any atom is -0.460 e. The van der Waals surface area contributed by atoms with Gasteiger partial charge in [0.2, 0.25) is 0 Å². The van der Waals surface area contributed by atoms with Crippen LogP contribution in [0.1, 0.15) is 91.9 Å². The van der Waals surface area contributed by atoms with E-state index < -0.39 is 11.9 Å². The van der Waals surface area contributed by atoms with E-state index in [4.69, 9.17) is 18.9 Å². The van der Waals surface area contributed by atoms with Gasteiger partial charge in [0.1, 0.15) is 13.2 Å². The van der Waals surface area contributed by atoms with Crippen LogP contribution in [-0.2, 0) is 28.5 Å². The van der Waals surface area contributed by atoms with E-state index in [1.165, 1.54) is 0 Å². The van der Waals surface area contributed by atoms with E-state index in [0.29, 0.717) is 13.2 Å². The predicted octanol–water partition coefficient (Wildman–Crippen LogP) is 5.38. The Morgan fingerprint density at radius 1 is 0.633 bits per heavy atom. The van der Waals surface area contributed by atoms with Gasteiger partial charge in [-0.2, -0.15) is 0 Å². The van der Waals surface area contributed by atoms with Crippen molar-refractivity contribution in [2.75, 3.05) is 26.4 Å². The molecular weight excluding hydrogens is 384 g/mol. The summed E-state index contributed by atoms with van der Waals surface area (Å²) in [5.41, 5.74) is 0. The second kappa shape index (κ2) is 20.9. The molecule has 0 radical (unpaired) electrons. The highest BCUT2D eigenvalue weighted by Gasteiger charge is 2.13. The van der Waals surface area contributed by atoms with Crippen molar-refractivity contribution in [3.05, 3.63) is 12.2 Å². The molecule has 6 heteroatoms. The fourth-order valence-corrected chi connectivity index (χ4v) is 2.66. The van der Waals surface area contributed by atoms with Crippen molar-refractivity contribution in [2.45, 2.75) is 104 Å². The lowest BCUT2D eigenvalue weighted by molar-refractivity contribution is -0.145. The zero-order valence-electron chi connectivity index (χ0n) is 19.7. The molecule has 0 fully saturated rings. The lowest BCUT2D eigenvalue weighted by Crippen LogP contribution is -2.23. The van der Waals surface area contributed by atoms with Crippen molar-refractivity contribution < 1.29 is 28.5 Å². The predicted molar refractivity (Wildman–Crippen MR) is 119 cm³/mol. The molecule has 2 unspecified atom stereocenters. The molecule has 0 amide bonds. The van der Waals surface area contributed by atoms with Gasteiger partial charge in [-0.15, -0.1) is 0 Å². The molecule has 0 aliphatic heterocycles. The van der Waals surface area contributed by atoms with Gasteiger partial charge in [0, 0.05) is 25.4 Å². The van der Waals surface area contributed by atoms with Gasteiger partial charge in [-0.25, -0.2) is 9.59 Å². The quantitative estimate of drug-likeness (QED) is 0.147. The average molecular weight is 429 g/mol. The third-order valence-electron chi connectivity index (χ3n) is 4.64. The number of hydrogen-bond acceptors (Lipinski definition) is 6. The maximum atomic E-state index is 11.9. The maximum absolute atomic E-state index is 11.9. The first kappa shape index (κ1) is 28.6. The van der Waals surface area contributed by atoms with E-state index in [1.807, 2.05) is 0 Å². The van der Waals surface area contributed by atoms with Crippen LogP contribution in [0.5, 0.6) is 0 Å². The second-order valence-electron chi connectivity index (χ2n) is 7.57. The van der Waals surface area contributed by atoms with Gasteiger partial charge < -0.3 is 18.9 Å². The first-order valence-corrected chi connectivity index (χ1v) is 11.8. The Labute approximate surface area is 183 Å². The van der Waals surface area contributed by atoms with E-state index in [0.717, 1.165) is 76.4 Å². The molecule has 2 atom stereocenters. The van der Waals surface area contributed by atoms with Crippen molar-refractivity contribution in [3.63, 3.8) is 0 Å². The Kier molecular flexibility index (Phi) is 19.9. The summed E-state index contributed by atoms with van der Waals surface area (Å²) in [4.78, 5) is 23.8. The highest BCUT2D eigenvalue weighted by molar-refractivity contribution is 5.91. The number of ether oxygens (including phenoxy) is 4. The van der Waals surface area contributed by atoms with Gasteiger partial charge >= 0.3 is 11.9 Å². The van der Waals surface area contributed by atoms with Crippen molar-refractivity contribution in [1.29, 1.82) is 0 Å². The zero-order valence-corrected chi connectivity index (χ0v) is 19.7. The summed E-state index contributed by atoms with van der Waals surface area (Å²) >= 11 is 0. The van der Waals surface area contributed by atoms with E-state index in [9.17, 15) is 9.59 Å². The van der Waals surface area contributed by atoms with Gasteiger partial charge in [-0.1, -0.05) is 66.2 Å². The van der Waals surface area contributed by atoms with Crippen LogP contribution in [0.3, 0.4) is 0 Å². The largest absolute Gasteiger partial charge is 0.460 e. The van der Waals surface area contributed by atoms with Crippen LogP contribution in [0.25, 0.3) is 0 Å². The van der Waals surface area contributed by atoms with E-state index in [1.54, 1.807) is 0 Å². The highest BCUT2D eigenvalue weighted by Crippen LogP contribution is 2.08. The number of unbranched alkanes of at least 4 members (excludes halogenated alkanes) is 4. The minimum absolute atomic E-state index is 0.0969. The smallest absolute Gasteiger partial charge is 0.331 e. The summed E-state index contributed by atoms with van der Waals surface area (Å²) in [5, 5.41) is 0. The molecule has 6 nitrogen and oxygen atoms in total. The lowest BCUT2D eigenvalue weighted by Gasteiger charge is -2.17. The molecule has 0 heterocycles. The molecule has 0 aromatic rings. The summed E-state index contributed by atoms with van der Waals surface area (Å²) in [6.45, 7) is 10.2. The molecule has 0 bridgehead atoms. The van der Waals surface area contributed by atoms with Gasteiger partial charge in [0.15, 0.2) is 0 Å². The second-order valence-corrected chi connectivity index (χ2v) is 7.57. The van der Waals surface area contributed by atoms with Crippen molar-refractivity contribution in [1.82, 2.24) is 0 Å². The van der Waals surface area contributed by atoms with Gasteiger partial charge in [0.25, 0.3) is 0 Å². The maximum Gasteiger partial charge on any atom is 0.331 e. The molecule has 0 N–H and O–H groups in total. The lowest BCUT2D eigenvalue weighted by atomic mass is 10.2. The van der Waals surface area contributed by atoms with Gasteiger partial charge in [-0.3, -0.25) is 0 Å². The van der Waals surface area contributed by atoms with Crippen LogP contribution < -0.4 is 0 Å². The minimum atomic E-state index is -0.561.